The molecule has 5 nitrogen and oxygen atoms in total. The number of benzene rings is 1. The van der Waals surface area contributed by atoms with Crippen LogP contribution in [0.2, 0.25) is 5.02 Å². The van der Waals surface area contributed by atoms with Gasteiger partial charge in [-0.3, -0.25) is 4.79 Å². The third-order valence-corrected chi connectivity index (χ3v) is 5.29. The highest BCUT2D eigenvalue weighted by atomic mass is 35.5. The lowest BCUT2D eigenvalue weighted by Gasteiger charge is -2.17. The minimum absolute atomic E-state index is 0.227. The highest BCUT2D eigenvalue weighted by molar-refractivity contribution is 7.15. The molecule has 0 unspecified atom stereocenters. The molecule has 1 aliphatic heterocycles. The van der Waals surface area contributed by atoms with Crippen molar-refractivity contribution in [3.05, 3.63) is 39.9 Å². The van der Waals surface area contributed by atoms with Crippen LogP contribution in [0, 0.1) is 11.8 Å². The van der Waals surface area contributed by atoms with Gasteiger partial charge in [0.2, 0.25) is 5.13 Å². The number of carbonyl (C=O) groups is 1. The highest BCUT2D eigenvalue weighted by Gasteiger charge is 2.53. The van der Waals surface area contributed by atoms with E-state index in [0.29, 0.717) is 21.6 Å². The zero-order valence-corrected chi connectivity index (χ0v) is 14.3. The molecule has 1 aliphatic rings. The number of aliphatic carboxylic acids is 1. The van der Waals surface area contributed by atoms with Gasteiger partial charge >= 0.3 is 12.1 Å². The van der Waals surface area contributed by atoms with Crippen LogP contribution in [0.15, 0.2) is 24.3 Å². The van der Waals surface area contributed by atoms with Crippen LogP contribution in [0.5, 0.6) is 0 Å². The average molecular weight is 392 g/mol. The van der Waals surface area contributed by atoms with E-state index in [0.717, 1.165) is 5.56 Å². The van der Waals surface area contributed by atoms with Crippen molar-refractivity contribution in [2.24, 2.45) is 11.8 Å². The number of alkyl halides is 3. The molecule has 1 saturated heterocycles. The summed E-state index contributed by atoms with van der Waals surface area (Å²) >= 11 is 6.99. The summed E-state index contributed by atoms with van der Waals surface area (Å²) in [6.45, 7) is -0.648. The third kappa shape index (κ3) is 4.04. The van der Waals surface area contributed by atoms with Crippen LogP contribution in [0.25, 0.3) is 0 Å². The number of anilines is 1. The number of carboxylic acids is 1. The molecule has 2 heterocycles. The van der Waals surface area contributed by atoms with E-state index in [1.54, 1.807) is 12.1 Å². The van der Waals surface area contributed by atoms with Crippen molar-refractivity contribution in [3.63, 3.8) is 0 Å². The van der Waals surface area contributed by atoms with Crippen molar-refractivity contribution in [1.82, 2.24) is 10.2 Å². The van der Waals surface area contributed by atoms with E-state index in [-0.39, 0.29) is 6.54 Å². The van der Waals surface area contributed by atoms with E-state index >= 15 is 0 Å². The fourth-order valence-corrected chi connectivity index (χ4v) is 3.78. The van der Waals surface area contributed by atoms with Gasteiger partial charge in [-0.2, -0.15) is 13.2 Å². The fourth-order valence-electron chi connectivity index (χ4n) is 2.76. The first-order valence-electron chi connectivity index (χ1n) is 7.35. The Morgan fingerprint density at radius 2 is 1.96 bits per heavy atom. The second-order valence-corrected chi connectivity index (χ2v) is 7.26. The van der Waals surface area contributed by atoms with Crippen LogP contribution in [-0.2, 0) is 11.2 Å². The molecule has 25 heavy (non-hydrogen) atoms. The molecule has 2 aromatic rings. The highest BCUT2D eigenvalue weighted by Crippen LogP contribution is 2.40. The standard InChI is InChI=1S/C15H13ClF3N3O2S/c16-9-3-1-8(2-4-9)5-12-20-21-14(25-12)22-6-10(13(23)24)11(7-22)15(17,18)19/h1-4,10-11H,5-7H2,(H,23,24)/t10-,11-/m1/s1. The summed E-state index contributed by atoms with van der Waals surface area (Å²) in [5.74, 6) is -4.85. The number of aromatic nitrogens is 2. The Morgan fingerprint density at radius 1 is 1.28 bits per heavy atom. The Kier molecular flexibility index (Phi) is 4.88. The van der Waals surface area contributed by atoms with Gasteiger partial charge in [0.25, 0.3) is 0 Å². The number of hydrogen-bond donors (Lipinski definition) is 1. The first-order valence-corrected chi connectivity index (χ1v) is 8.55. The molecule has 0 spiro atoms. The summed E-state index contributed by atoms with van der Waals surface area (Å²) in [6.07, 6.45) is -4.08. The zero-order valence-electron chi connectivity index (χ0n) is 12.7. The molecule has 1 fully saturated rings. The van der Waals surface area contributed by atoms with Crippen LogP contribution < -0.4 is 4.90 Å². The maximum atomic E-state index is 13.1. The Bertz CT molecular complexity index is 766. The zero-order chi connectivity index (χ0) is 18.2. The molecule has 1 aromatic carbocycles. The number of hydrogen-bond acceptors (Lipinski definition) is 5. The van der Waals surface area contributed by atoms with Gasteiger partial charge in [-0.25, -0.2) is 0 Å². The van der Waals surface area contributed by atoms with Crippen molar-refractivity contribution in [3.8, 4) is 0 Å². The summed E-state index contributed by atoms with van der Waals surface area (Å²) < 4.78 is 39.2. The van der Waals surface area contributed by atoms with Crippen molar-refractivity contribution in [1.29, 1.82) is 0 Å². The number of rotatable bonds is 4. The van der Waals surface area contributed by atoms with Crippen LogP contribution in [0.3, 0.4) is 0 Å². The maximum absolute atomic E-state index is 13.1. The van der Waals surface area contributed by atoms with Gasteiger partial charge in [0, 0.05) is 24.5 Å². The fraction of sp³-hybridized carbons (Fsp3) is 0.400. The molecule has 1 N–H and O–H groups in total. The Balaban J connectivity index is 1.74. The van der Waals surface area contributed by atoms with E-state index in [9.17, 15) is 18.0 Å². The first-order chi connectivity index (χ1) is 11.7. The van der Waals surface area contributed by atoms with Crippen LogP contribution >= 0.6 is 22.9 Å². The van der Waals surface area contributed by atoms with Gasteiger partial charge in [-0.1, -0.05) is 35.1 Å². The largest absolute Gasteiger partial charge is 0.481 e. The molecule has 1 aromatic heterocycles. The Hall–Kier alpha value is -1.87. The van der Waals surface area contributed by atoms with Gasteiger partial charge in [0.05, 0.1) is 11.8 Å². The summed E-state index contributed by atoms with van der Waals surface area (Å²) in [7, 11) is 0. The predicted octanol–water partition coefficient (Wildman–Crippen LogP) is 3.48. The van der Waals surface area contributed by atoms with Crippen molar-refractivity contribution in [2.75, 3.05) is 18.0 Å². The second kappa shape index (κ2) is 6.80. The van der Waals surface area contributed by atoms with Gasteiger partial charge in [0.1, 0.15) is 5.01 Å². The number of halogens is 4. The molecule has 0 radical (unpaired) electrons. The van der Waals surface area contributed by atoms with Crippen molar-refractivity contribution in [2.45, 2.75) is 12.6 Å². The van der Waals surface area contributed by atoms with Gasteiger partial charge < -0.3 is 10.0 Å². The second-order valence-electron chi connectivity index (χ2n) is 5.78. The third-order valence-electron chi connectivity index (χ3n) is 4.05. The lowest BCUT2D eigenvalue weighted by molar-refractivity contribution is -0.187. The van der Waals surface area contributed by atoms with Crippen molar-refractivity contribution >= 4 is 34.0 Å². The molecule has 3 rings (SSSR count). The molecule has 0 aliphatic carbocycles. The van der Waals surface area contributed by atoms with E-state index in [1.165, 1.54) is 16.2 Å². The number of nitrogens with zero attached hydrogens (tertiary/aromatic N) is 3. The molecular formula is C15H13ClF3N3O2S. The van der Waals surface area contributed by atoms with Crippen LogP contribution in [0.1, 0.15) is 10.6 Å². The van der Waals surface area contributed by atoms with E-state index in [4.69, 9.17) is 16.7 Å². The summed E-state index contributed by atoms with van der Waals surface area (Å²) in [6, 6.07) is 7.15. The molecule has 0 saturated carbocycles. The molecule has 0 amide bonds. The summed E-state index contributed by atoms with van der Waals surface area (Å²) in [4.78, 5) is 12.5. The Morgan fingerprint density at radius 3 is 2.52 bits per heavy atom. The smallest absolute Gasteiger partial charge is 0.394 e. The minimum Gasteiger partial charge on any atom is -0.481 e. The topological polar surface area (TPSA) is 66.3 Å². The molecule has 134 valence electrons. The lowest BCUT2D eigenvalue weighted by Crippen LogP contribution is -2.33. The van der Waals surface area contributed by atoms with Gasteiger partial charge in [-0.05, 0) is 17.7 Å². The normalized spacial score (nSPS) is 20.9. The van der Waals surface area contributed by atoms with Crippen LogP contribution in [-0.4, -0.2) is 40.5 Å². The SMILES string of the molecule is O=C(O)[C@@H]1CN(c2nnc(Cc3ccc(Cl)cc3)s2)C[C@H]1C(F)(F)F. The van der Waals surface area contributed by atoms with Gasteiger partial charge in [-0.15, -0.1) is 10.2 Å². The molecule has 0 bridgehead atoms. The average Bonchev–Trinajstić information content (AvgIpc) is 3.15. The van der Waals surface area contributed by atoms with E-state index in [1.807, 2.05) is 12.1 Å². The molecular weight excluding hydrogens is 379 g/mol. The predicted molar refractivity (Wildman–Crippen MR) is 87.1 cm³/mol. The number of carboxylic acid groups (broad SMARTS) is 1. The van der Waals surface area contributed by atoms with E-state index in [2.05, 4.69) is 10.2 Å². The minimum atomic E-state index is -4.56. The molecule has 10 heteroatoms. The summed E-state index contributed by atoms with van der Waals surface area (Å²) in [5.41, 5.74) is 0.949. The van der Waals surface area contributed by atoms with Crippen molar-refractivity contribution < 1.29 is 23.1 Å². The lowest BCUT2D eigenvalue weighted by atomic mass is 9.96. The first kappa shape index (κ1) is 17.9. The Labute approximate surface area is 150 Å². The van der Waals surface area contributed by atoms with E-state index < -0.39 is 30.5 Å². The summed E-state index contributed by atoms with van der Waals surface area (Å²) in [5, 5.41) is 18.5. The quantitative estimate of drug-likeness (QED) is 0.864. The molecule has 2 atom stereocenters. The maximum Gasteiger partial charge on any atom is 0.394 e. The van der Waals surface area contributed by atoms with Crippen LogP contribution in [0.4, 0.5) is 18.3 Å². The van der Waals surface area contributed by atoms with Gasteiger partial charge in [0.15, 0.2) is 0 Å². The monoisotopic (exact) mass is 391 g/mol.